The number of alkyl halides is 3. The van der Waals surface area contributed by atoms with Gasteiger partial charge in [-0.25, -0.2) is 4.79 Å². The number of benzene rings is 1. The van der Waals surface area contributed by atoms with E-state index in [0.717, 1.165) is 12.1 Å². The molecular formula is C16H14ClF3N2O3. The van der Waals surface area contributed by atoms with Gasteiger partial charge in [-0.3, -0.25) is 4.79 Å². The van der Waals surface area contributed by atoms with Crippen LogP contribution in [0.5, 0.6) is 0 Å². The van der Waals surface area contributed by atoms with Gasteiger partial charge in [-0.05, 0) is 37.3 Å². The van der Waals surface area contributed by atoms with E-state index in [1.165, 1.54) is 17.6 Å². The van der Waals surface area contributed by atoms with Gasteiger partial charge in [0, 0.05) is 13.2 Å². The molecule has 0 radical (unpaired) electrons. The topological polar surface area (TPSA) is 60.3 Å². The predicted octanol–water partition coefficient (Wildman–Crippen LogP) is 3.88. The first-order chi connectivity index (χ1) is 11.6. The highest BCUT2D eigenvalue weighted by Crippen LogP contribution is 2.33. The number of aromatic nitrogens is 1. The fourth-order valence-electron chi connectivity index (χ4n) is 1.98. The Morgan fingerprint density at radius 1 is 1.28 bits per heavy atom. The Bertz CT molecular complexity index is 802. The summed E-state index contributed by atoms with van der Waals surface area (Å²) in [6.45, 7) is 1.30. The Morgan fingerprint density at radius 3 is 2.52 bits per heavy atom. The molecule has 1 aromatic carbocycles. The van der Waals surface area contributed by atoms with Crippen LogP contribution in [0.25, 0.3) is 0 Å². The van der Waals surface area contributed by atoms with Crippen LogP contribution in [0.1, 0.15) is 23.0 Å². The molecule has 1 amide bonds. The van der Waals surface area contributed by atoms with Crippen molar-refractivity contribution in [3.63, 3.8) is 0 Å². The van der Waals surface area contributed by atoms with Gasteiger partial charge in [0.15, 0.2) is 6.10 Å². The molecule has 1 heterocycles. The Kier molecular flexibility index (Phi) is 5.42. The zero-order valence-electron chi connectivity index (χ0n) is 13.2. The predicted molar refractivity (Wildman–Crippen MR) is 85.4 cm³/mol. The van der Waals surface area contributed by atoms with Crippen molar-refractivity contribution in [2.45, 2.75) is 19.2 Å². The summed E-state index contributed by atoms with van der Waals surface area (Å²) in [6.07, 6.45) is -4.17. The van der Waals surface area contributed by atoms with E-state index in [1.807, 2.05) is 0 Å². The Balaban J connectivity index is 2.09. The molecular weight excluding hydrogens is 361 g/mol. The van der Waals surface area contributed by atoms with Crippen LogP contribution in [0.4, 0.5) is 18.9 Å². The van der Waals surface area contributed by atoms with E-state index in [9.17, 15) is 22.8 Å². The highest BCUT2D eigenvalue weighted by atomic mass is 35.5. The van der Waals surface area contributed by atoms with Gasteiger partial charge >= 0.3 is 12.1 Å². The summed E-state index contributed by atoms with van der Waals surface area (Å²) in [5.74, 6) is -1.53. The number of carbonyl (C=O) groups is 2. The zero-order chi connectivity index (χ0) is 18.8. The molecule has 2 aromatic rings. The first-order valence-corrected chi connectivity index (χ1v) is 7.47. The maximum atomic E-state index is 12.7. The van der Waals surface area contributed by atoms with Gasteiger partial charge in [-0.2, -0.15) is 13.2 Å². The van der Waals surface area contributed by atoms with Crippen LogP contribution in [0, 0.1) is 0 Å². The van der Waals surface area contributed by atoms with E-state index < -0.39 is 29.7 Å². The fourth-order valence-corrected chi connectivity index (χ4v) is 2.14. The number of anilines is 1. The summed E-state index contributed by atoms with van der Waals surface area (Å²) < 4.78 is 44.7. The molecule has 0 saturated heterocycles. The SMILES string of the molecule is C[C@@H](OC(=O)c1cccn1C)C(=O)Nc1cc(C(F)(F)F)ccc1Cl. The maximum absolute atomic E-state index is 12.7. The third kappa shape index (κ3) is 4.54. The molecule has 134 valence electrons. The van der Waals surface area contributed by atoms with E-state index in [-0.39, 0.29) is 16.4 Å². The van der Waals surface area contributed by atoms with Crippen molar-refractivity contribution in [3.05, 3.63) is 52.8 Å². The maximum Gasteiger partial charge on any atom is 0.416 e. The minimum Gasteiger partial charge on any atom is -0.448 e. The van der Waals surface area contributed by atoms with Crippen molar-refractivity contribution in [1.82, 2.24) is 4.57 Å². The summed E-state index contributed by atoms with van der Waals surface area (Å²) in [7, 11) is 1.63. The van der Waals surface area contributed by atoms with E-state index in [1.54, 1.807) is 19.3 Å². The van der Waals surface area contributed by atoms with Gasteiger partial charge < -0.3 is 14.6 Å². The lowest BCUT2D eigenvalue weighted by Gasteiger charge is -2.15. The van der Waals surface area contributed by atoms with Gasteiger partial charge in [0.2, 0.25) is 0 Å². The molecule has 0 bridgehead atoms. The highest BCUT2D eigenvalue weighted by molar-refractivity contribution is 6.33. The molecule has 9 heteroatoms. The van der Waals surface area contributed by atoms with Crippen LogP contribution in [0.2, 0.25) is 5.02 Å². The molecule has 25 heavy (non-hydrogen) atoms. The van der Waals surface area contributed by atoms with Gasteiger partial charge in [0.25, 0.3) is 5.91 Å². The molecule has 2 rings (SSSR count). The number of rotatable bonds is 4. The minimum absolute atomic E-state index is 0.0673. The monoisotopic (exact) mass is 374 g/mol. The molecule has 1 N–H and O–H groups in total. The molecule has 5 nitrogen and oxygen atoms in total. The first kappa shape index (κ1) is 18.9. The fraction of sp³-hybridized carbons (Fsp3) is 0.250. The van der Waals surface area contributed by atoms with Gasteiger partial charge in [0.05, 0.1) is 16.3 Å². The molecule has 0 aliphatic rings. The summed E-state index contributed by atoms with van der Waals surface area (Å²) >= 11 is 5.81. The second kappa shape index (κ2) is 7.18. The molecule has 0 spiro atoms. The number of ether oxygens (including phenoxy) is 1. The second-order valence-corrected chi connectivity index (χ2v) is 5.64. The molecule has 0 fully saturated rings. The average molecular weight is 375 g/mol. The average Bonchev–Trinajstić information content (AvgIpc) is 2.94. The molecule has 0 aliphatic carbocycles. The van der Waals surface area contributed by atoms with Crippen molar-refractivity contribution in [2.75, 3.05) is 5.32 Å². The largest absolute Gasteiger partial charge is 0.448 e. The number of hydrogen-bond acceptors (Lipinski definition) is 3. The van der Waals surface area contributed by atoms with E-state index in [4.69, 9.17) is 16.3 Å². The first-order valence-electron chi connectivity index (χ1n) is 7.09. The van der Waals surface area contributed by atoms with Crippen molar-refractivity contribution in [2.24, 2.45) is 7.05 Å². The zero-order valence-corrected chi connectivity index (χ0v) is 14.0. The second-order valence-electron chi connectivity index (χ2n) is 5.23. The lowest BCUT2D eigenvalue weighted by atomic mass is 10.2. The van der Waals surface area contributed by atoms with Gasteiger partial charge in [-0.1, -0.05) is 11.6 Å². The molecule has 0 aliphatic heterocycles. The Hall–Kier alpha value is -2.48. The smallest absolute Gasteiger partial charge is 0.416 e. The number of nitrogens with zero attached hydrogens (tertiary/aromatic N) is 1. The van der Waals surface area contributed by atoms with E-state index in [0.29, 0.717) is 6.07 Å². The third-order valence-electron chi connectivity index (χ3n) is 3.36. The number of halogens is 4. The molecule has 0 saturated carbocycles. The van der Waals surface area contributed by atoms with Crippen LogP contribution in [0.3, 0.4) is 0 Å². The number of amides is 1. The van der Waals surface area contributed by atoms with Crippen molar-refractivity contribution in [3.8, 4) is 0 Å². The van der Waals surface area contributed by atoms with Crippen LogP contribution in [0.15, 0.2) is 36.5 Å². The van der Waals surface area contributed by atoms with Crippen LogP contribution in [-0.4, -0.2) is 22.5 Å². The molecule has 1 aromatic heterocycles. The normalized spacial score (nSPS) is 12.6. The number of esters is 1. The van der Waals surface area contributed by atoms with Gasteiger partial charge in [0.1, 0.15) is 5.69 Å². The van der Waals surface area contributed by atoms with Crippen molar-refractivity contribution >= 4 is 29.2 Å². The van der Waals surface area contributed by atoms with Crippen molar-refractivity contribution < 1.29 is 27.5 Å². The highest BCUT2D eigenvalue weighted by Gasteiger charge is 2.31. The lowest BCUT2D eigenvalue weighted by molar-refractivity contribution is -0.137. The molecule has 1 atom stereocenters. The lowest BCUT2D eigenvalue weighted by Crippen LogP contribution is -2.30. The third-order valence-corrected chi connectivity index (χ3v) is 3.69. The summed E-state index contributed by atoms with van der Waals surface area (Å²) in [5.41, 5.74) is -0.944. The quantitative estimate of drug-likeness (QED) is 0.826. The number of hydrogen-bond donors (Lipinski definition) is 1. The van der Waals surface area contributed by atoms with E-state index >= 15 is 0 Å². The Labute approximate surface area is 146 Å². The number of nitrogens with one attached hydrogen (secondary N) is 1. The van der Waals surface area contributed by atoms with Gasteiger partial charge in [-0.15, -0.1) is 0 Å². The number of carbonyl (C=O) groups excluding carboxylic acids is 2. The van der Waals surface area contributed by atoms with Crippen molar-refractivity contribution in [1.29, 1.82) is 0 Å². The van der Waals surface area contributed by atoms with Crippen LogP contribution >= 0.6 is 11.6 Å². The summed E-state index contributed by atoms with van der Waals surface area (Å²) in [4.78, 5) is 24.0. The molecule has 0 unspecified atom stereocenters. The Morgan fingerprint density at radius 2 is 1.96 bits per heavy atom. The number of aryl methyl sites for hydroxylation is 1. The summed E-state index contributed by atoms with van der Waals surface area (Å²) in [6, 6.07) is 5.68. The van der Waals surface area contributed by atoms with Crippen LogP contribution < -0.4 is 5.32 Å². The minimum atomic E-state index is -4.57. The van der Waals surface area contributed by atoms with Crippen LogP contribution in [-0.2, 0) is 22.8 Å². The van der Waals surface area contributed by atoms with E-state index in [2.05, 4.69) is 5.32 Å². The summed E-state index contributed by atoms with van der Waals surface area (Å²) in [5, 5.41) is 2.17. The standard InChI is InChI=1S/C16H14ClF3N2O3/c1-9(25-15(24)13-4-3-7-22(13)2)14(23)21-12-8-10(16(18,19)20)5-6-11(12)17/h3-9H,1-2H3,(H,21,23)/t9-/m1/s1.